The van der Waals surface area contributed by atoms with Gasteiger partial charge in [-0.2, -0.15) is 0 Å². The molecule has 3 aromatic rings. The first kappa shape index (κ1) is 17.7. The van der Waals surface area contributed by atoms with E-state index in [0.29, 0.717) is 22.4 Å². The molecule has 0 aromatic heterocycles. The Morgan fingerprint density at radius 3 is 2.04 bits per heavy atom. The molecule has 0 saturated heterocycles. The summed E-state index contributed by atoms with van der Waals surface area (Å²) in [7, 11) is 0. The monoisotopic (exact) mass is 371 g/mol. The number of amides is 2. The summed E-state index contributed by atoms with van der Waals surface area (Å²) in [6, 6.07) is 21.8. The average molecular weight is 371 g/mol. The van der Waals surface area contributed by atoms with Gasteiger partial charge < -0.3 is 4.74 Å². The number of imide groups is 1. The van der Waals surface area contributed by atoms with Gasteiger partial charge in [0, 0.05) is 12.5 Å². The molecule has 3 aromatic carbocycles. The molecule has 0 radical (unpaired) electrons. The second-order valence-corrected chi connectivity index (χ2v) is 6.52. The minimum atomic E-state index is -0.464. The molecular weight excluding hydrogens is 354 g/mol. The number of rotatable bonds is 4. The van der Waals surface area contributed by atoms with Crippen LogP contribution in [0.25, 0.3) is 11.1 Å². The third kappa shape index (κ3) is 3.18. The molecule has 0 N–H and O–H groups in total. The summed E-state index contributed by atoms with van der Waals surface area (Å²) in [6.45, 7) is 1.35. The predicted molar refractivity (Wildman–Crippen MR) is 104 cm³/mol. The third-order valence-electron chi connectivity index (χ3n) is 4.63. The summed E-state index contributed by atoms with van der Waals surface area (Å²) in [5.74, 6) is -0.817. The van der Waals surface area contributed by atoms with E-state index in [1.165, 1.54) is 11.8 Å². The summed E-state index contributed by atoms with van der Waals surface area (Å²) in [5, 5.41) is 0. The molecule has 4 rings (SSSR count). The van der Waals surface area contributed by atoms with Crippen molar-refractivity contribution in [3.8, 4) is 16.9 Å². The molecule has 1 heterocycles. The minimum absolute atomic E-state index is 0.0318. The maximum absolute atomic E-state index is 12.6. The molecule has 2 amide bonds. The molecule has 0 atom stereocenters. The van der Waals surface area contributed by atoms with Crippen molar-refractivity contribution in [1.82, 2.24) is 4.90 Å². The Morgan fingerprint density at radius 2 is 1.43 bits per heavy atom. The molecule has 0 spiro atoms. The lowest BCUT2D eigenvalue weighted by atomic mass is 10.0. The van der Waals surface area contributed by atoms with Gasteiger partial charge in [-0.3, -0.25) is 19.3 Å². The first-order valence-corrected chi connectivity index (χ1v) is 8.86. The number of benzene rings is 3. The van der Waals surface area contributed by atoms with Crippen LogP contribution < -0.4 is 4.74 Å². The van der Waals surface area contributed by atoms with E-state index in [9.17, 15) is 14.4 Å². The van der Waals surface area contributed by atoms with Crippen molar-refractivity contribution >= 4 is 17.8 Å². The van der Waals surface area contributed by atoms with Crippen LogP contribution in [0.15, 0.2) is 72.8 Å². The summed E-state index contributed by atoms with van der Waals surface area (Å²) < 4.78 is 5.38. The molecule has 0 fully saturated rings. The van der Waals surface area contributed by atoms with Gasteiger partial charge in [-0.25, -0.2) is 0 Å². The molecule has 5 heteroatoms. The lowest BCUT2D eigenvalue weighted by Gasteiger charge is -2.17. The molecule has 0 bridgehead atoms. The zero-order valence-electron chi connectivity index (χ0n) is 15.2. The second kappa shape index (κ2) is 7.12. The van der Waals surface area contributed by atoms with Gasteiger partial charge in [0.05, 0.1) is 17.7 Å². The molecule has 0 unspecified atom stereocenters. The molecule has 138 valence electrons. The number of carbonyl (C=O) groups excluding carboxylic acids is 3. The van der Waals surface area contributed by atoms with Gasteiger partial charge in [-0.1, -0.05) is 54.6 Å². The van der Waals surface area contributed by atoms with Crippen LogP contribution in [0.1, 0.15) is 33.2 Å². The van der Waals surface area contributed by atoms with Crippen molar-refractivity contribution in [3.05, 3.63) is 89.5 Å². The zero-order valence-corrected chi connectivity index (χ0v) is 15.2. The smallest absolute Gasteiger partial charge is 0.308 e. The maximum atomic E-state index is 12.6. The fourth-order valence-electron chi connectivity index (χ4n) is 3.30. The molecule has 1 aliphatic rings. The lowest BCUT2D eigenvalue weighted by molar-refractivity contribution is -0.131. The fraction of sp³-hybridized carbons (Fsp3) is 0.0870. The van der Waals surface area contributed by atoms with Crippen LogP contribution in [-0.4, -0.2) is 22.7 Å². The van der Waals surface area contributed by atoms with Crippen LogP contribution in [0.3, 0.4) is 0 Å². The highest BCUT2D eigenvalue weighted by molar-refractivity contribution is 6.21. The van der Waals surface area contributed by atoms with Crippen LogP contribution in [0.2, 0.25) is 0 Å². The standard InChI is InChI=1S/C23H17NO4/c1-15(25)28-21-13-17(16-7-3-2-4-8-16)11-12-18(21)14-24-22(26)19-9-5-6-10-20(19)23(24)27/h2-13H,14H2,1H3. The van der Waals surface area contributed by atoms with Crippen molar-refractivity contribution in [1.29, 1.82) is 0 Å². The molecular formula is C23H17NO4. The van der Waals surface area contributed by atoms with Crippen LogP contribution >= 0.6 is 0 Å². The van der Waals surface area contributed by atoms with Gasteiger partial charge in [0.1, 0.15) is 5.75 Å². The molecule has 0 saturated carbocycles. The number of esters is 1. The quantitative estimate of drug-likeness (QED) is 0.394. The Kier molecular flexibility index (Phi) is 4.49. The minimum Gasteiger partial charge on any atom is -0.426 e. The Hall–Kier alpha value is -3.73. The molecule has 0 aliphatic carbocycles. The van der Waals surface area contributed by atoms with Gasteiger partial charge in [0.2, 0.25) is 0 Å². The molecule has 5 nitrogen and oxygen atoms in total. The van der Waals surface area contributed by atoms with Crippen molar-refractivity contribution < 1.29 is 19.1 Å². The van der Waals surface area contributed by atoms with Crippen molar-refractivity contribution in [2.75, 3.05) is 0 Å². The Balaban J connectivity index is 1.69. The highest BCUT2D eigenvalue weighted by Gasteiger charge is 2.35. The topological polar surface area (TPSA) is 63.7 Å². The third-order valence-corrected chi connectivity index (χ3v) is 4.63. The van der Waals surface area contributed by atoms with Crippen LogP contribution in [-0.2, 0) is 11.3 Å². The molecule has 1 aliphatic heterocycles. The lowest BCUT2D eigenvalue weighted by Crippen LogP contribution is -2.29. The van der Waals surface area contributed by atoms with Gasteiger partial charge in [0.25, 0.3) is 11.8 Å². The average Bonchev–Trinajstić information content (AvgIpc) is 2.94. The largest absolute Gasteiger partial charge is 0.426 e. The van der Waals surface area contributed by atoms with Gasteiger partial charge in [-0.05, 0) is 29.3 Å². The Labute approximate surface area is 162 Å². The number of carbonyl (C=O) groups is 3. The summed E-state index contributed by atoms with van der Waals surface area (Å²) in [5.41, 5.74) is 3.22. The summed E-state index contributed by atoms with van der Waals surface area (Å²) in [6.07, 6.45) is 0. The predicted octanol–water partition coefficient (Wildman–Crippen LogP) is 4.08. The van der Waals surface area contributed by atoms with Crippen molar-refractivity contribution in [3.63, 3.8) is 0 Å². The van der Waals surface area contributed by atoms with Gasteiger partial charge in [-0.15, -0.1) is 0 Å². The normalized spacial score (nSPS) is 12.8. The van der Waals surface area contributed by atoms with E-state index in [2.05, 4.69) is 0 Å². The number of nitrogens with zero attached hydrogens (tertiary/aromatic N) is 1. The van der Waals surface area contributed by atoms with E-state index >= 15 is 0 Å². The van der Waals surface area contributed by atoms with Crippen molar-refractivity contribution in [2.45, 2.75) is 13.5 Å². The second-order valence-electron chi connectivity index (χ2n) is 6.52. The van der Waals surface area contributed by atoms with E-state index in [1.54, 1.807) is 36.4 Å². The fourth-order valence-corrected chi connectivity index (χ4v) is 3.30. The number of ether oxygens (including phenoxy) is 1. The van der Waals surface area contributed by atoms with Crippen LogP contribution in [0, 0.1) is 0 Å². The summed E-state index contributed by atoms with van der Waals surface area (Å²) >= 11 is 0. The Morgan fingerprint density at radius 1 is 0.821 bits per heavy atom. The number of hydrogen-bond donors (Lipinski definition) is 0. The SMILES string of the molecule is CC(=O)Oc1cc(-c2ccccc2)ccc1CN1C(=O)c2ccccc2C1=O. The summed E-state index contributed by atoms with van der Waals surface area (Å²) in [4.78, 5) is 38.0. The highest BCUT2D eigenvalue weighted by Crippen LogP contribution is 2.31. The number of fused-ring (bicyclic) bond motifs is 1. The zero-order chi connectivity index (χ0) is 19.7. The first-order valence-electron chi connectivity index (χ1n) is 8.86. The van der Waals surface area contributed by atoms with Crippen molar-refractivity contribution in [2.24, 2.45) is 0 Å². The van der Waals surface area contributed by atoms with E-state index in [1.807, 2.05) is 36.4 Å². The Bertz CT molecular complexity index is 1050. The highest BCUT2D eigenvalue weighted by atomic mass is 16.5. The number of hydrogen-bond acceptors (Lipinski definition) is 4. The van der Waals surface area contributed by atoms with E-state index < -0.39 is 5.97 Å². The first-order chi connectivity index (χ1) is 13.5. The van der Waals surface area contributed by atoms with Crippen LogP contribution in [0.4, 0.5) is 0 Å². The van der Waals surface area contributed by atoms with Crippen LogP contribution in [0.5, 0.6) is 5.75 Å². The van der Waals surface area contributed by atoms with Gasteiger partial charge >= 0.3 is 5.97 Å². The molecule has 28 heavy (non-hydrogen) atoms. The van der Waals surface area contributed by atoms with Gasteiger partial charge in [0.15, 0.2) is 0 Å². The van der Waals surface area contributed by atoms with E-state index in [4.69, 9.17) is 4.74 Å². The maximum Gasteiger partial charge on any atom is 0.308 e. The van der Waals surface area contributed by atoms with E-state index in [-0.39, 0.29) is 18.4 Å². The van der Waals surface area contributed by atoms with E-state index in [0.717, 1.165) is 11.1 Å².